The third kappa shape index (κ3) is 5.73. The molecule has 24 heavy (non-hydrogen) atoms. The Labute approximate surface area is 152 Å². The van der Waals surface area contributed by atoms with Crippen molar-refractivity contribution < 1.29 is 9.53 Å². The first kappa shape index (κ1) is 18.6. The van der Waals surface area contributed by atoms with E-state index in [1.54, 1.807) is 18.2 Å². The SMILES string of the molecule is CCCCCCOc1cccc(NC(=O)c2ccc(Cl)cc2Cl)c1. The van der Waals surface area contributed by atoms with E-state index in [1.165, 1.54) is 19.3 Å². The summed E-state index contributed by atoms with van der Waals surface area (Å²) in [5.74, 6) is 0.461. The largest absolute Gasteiger partial charge is 0.494 e. The molecule has 0 atom stereocenters. The third-order valence-corrected chi connectivity index (χ3v) is 4.08. The lowest BCUT2D eigenvalue weighted by atomic mass is 10.2. The molecule has 0 bridgehead atoms. The first-order valence-corrected chi connectivity index (χ1v) is 8.85. The second kappa shape index (κ2) is 9.55. The molecule has 2 aromatic rings. The van der Waals surface area contributed by atoms with E-state index in [-0.39, 0.29) is 5.91 Å². The molecule has 0 radical (unpaired) electrons. The molecule has 2 rings (SSSR count). The summed E-state index contributed by atoms with van der Waals surface area (Å²) in [4.78, 5) is 12.3. The molecule has 0 spiro atoms. The first-order chi connectivity index (χ1) is 11.6. The van der Waals surface area contributed by atoms with E-state index in [0.29, 0.717) is 27.9 Å². The molecule has 0 aliphatic rings. The van der Waals surface area contributed by atoms with Crippen LogP contribution < -0.4 is 10.1 Å². The van der Waals surface area contributed by atoms with Crippen LogP contribution in [0, 0.1) is 0 Å². The Hall–Kier alpha value is -1.71. The Kier molecular flexibility index (Phi) is 7.41. The monoisotopic (exact) mass is 365 g/mol. The molecular formula is C19H21Cl2NO2. The molecule has 0 unspecified atom stereocenters. The van der Waals surface area contributed by atoms with E-state index >= 15 is 0 Å². The van der Waals surface area contributed by atoms with Gasteiger partial charge < -0.3 is 10.1 Å². The Morgan fingerprint density at radius 3 is 2.67 bits per heavy atom. The summed E-state index contributed by atoms with van der Waals surface area (Å²) < 4.78 is 5.73. The number of amides is 1. The molecule has 0 saturated carbocycles. The summed E-state index contributed by atoms with van der Waals surface area (Å²) in [6.07, 6.45) is 4.63. The standard InChI is InChI=1S/C19H21Cl2NO2/c1-2-3-4-5-11-24-16-8-6-7-15(13-16)22-19(23)17-10-9-14(20)12-18(17)21/h6-10,12-13H,2-5,11H2,1H3,(H,22,23). The Morgan fingerprint density at radius 2 is 1.92 bits per heavy atom. The molecule has 0 saturated heterocycles. The van der Waals surface area contributed by atoms with Crippen molar-refractivity contribution in [2.45, 2.75) is 32.6 Å². The number of ether oxygens (including phenoxy) is 1. The van der Waals surface area contributed by atoms with Gasteiger partial charge in [0.25, 0.3) is 5.91 Å². The summed E-state index contributed by atoms with van der Waals surface area (Å²) in [6, 6.07) is 12.1. The van der Waals surface area contributed by atoms with Gasteiger partial charge >= 0.3 is 0 Å². The van der Waals surface area contributed by atoms with E-state index < -0.39 is 0 Å². The number of halogens is 2. The fourth-order valence-electron chi connectivity index (χ4n) is 2.25. The highest BCUT2D eigenvalue weighted by atomic mass is 35.5. The van der Waals surface area contributed by atoms with E-state index in [2.05, 4.69) is 12.2 Å². The smallest absolute Gasteiger partial charge is 0.257 e. The summed E-state index contributed by atoms with van der Waals surface area (Å²) in [7, 11) is 0. The van der Waals surface area contributed by atoms with Crippen molar-refractivity contribution in [1.29, 1.82) is 0 Å². The number of rotatable bonds is 8. The fraction of sp³-hybridized carbons (Fsp3) is 0.316. The number of hydrogen-bond donors (Lipinski definition) is 1. The maximum atomic E-state index is 12.3. The van der Waals surface area contributed by atoms with Crippen LogP contribution in [0.25, 0.3) is 0 Å². The van der Waals surface area contributed by atoms with Crippen LogP contribution in [0.4, 0.5) is 5.69 Å². The maximum Gasteiger partial charge on any atom is 0.257 e. The average molecular weight is 366 g/mol. The number of carbonyl (C=O) groups excluding carboxylic acids is 1. The van der Waals surface area contributed by atoms with Crippen molar-refractivity contribution in [3.8, 4) is 5.75 Å². The summed E-state index contributed by atoms with van der Waals surface area (Å²) in [5.41, 5.74) is 1.05. The van der Waals surface area contributed by atoms with Gasteiger partial charge in [0, 0.05) is 16.8 Å². The van der Waals surface area contributed by atoms with Gasteiger partial charge in [-0.15, -0.1) is 0 Å². The van der Waals surface area contributed by atoms with Gasteiger partial charge in [-0.05, 0) is 36.8 Å². The van der Waals surface area contributed by atoms with Crippen molar-refractivity contribution in [1.82, 2.24) is 0 Å². The van der Waals surface area contributed by atoms with Gasteiger partial charge in [-0.25, -0.2) is 0 Å². The minimum atomic E-state index is -0.281. The molecular weight excluding hydrogens is 345 g/mol. The number of unbranched alkanes of at least 4 members (excludes halogenated alkanes) is 3. The van der Waals surface area contributed by atoms with Crippen LogP contribution >= 0.6 is 23.2 Å². The van der Waals surface area contributed by atoms with Gasteiger partial charge in [0.2, 0.25) is 0 Å². The topological polar surface area (TPSA) is 38.3 Å². The lowest BCUT2D eigenvalue weighted by Gasteiger charge is -2.10. The second-order valence-corrected chi connectivity index (χ2v) is 6.36. The normalized spacial score (nSPS) is 10.5. The van der Waals surface area contributed by atoms with Gasteiger partial charge in [0.05, 0.1) is 17.2 Å². The van der Waals surface area contributed by atoms with Gasteiger partial charge in [-0.1, -0.05) is 55.5 Å². The van der Waals surface area contributed by atoms with Gasteiger partial charge in [-0.3, -0.25) is 4.79 Å². The summed E-state index contributed by atoms with van der Waals surface area (Å²) in [5, 5.41) is 3.64. The average Bonchev–Trinajstić information content (AvgIpc) is 2.55. The summed E-state index contributed by atoms with van der Waals surface area (Å²) in [6.45, 7) is 2.86. The van der Waals surface area contributed by atoms with Crippen LogP contribution in [0.1, 0.15) is 43.0 Å². The molecule has 0 aliphatic heterocycles. The maximum absolute atomic E-state index is 12.3. The van der Waals surface area contributed by atoms with E-state index in [0.717, 1.165) is 12.2 Å². The van der Waals surface area contributed by atoms with Crippen LogP contribution in [0.2, 0.25) is 10.0 Å². The fourth-order valence-corrected chi connectivity index (χ4v) is 2.75. The van der Waals surface area contributed by atoms with Crippen LogP contribution in [-0.4, -0.2) is 12.5 Å². The van der Waals surface area contributed by atoms with Crippen LogP contribution in [0.5, 0.6) is 5.75 Å². The van der Waals surface area contributed by atoms with Gasteiger partial charge in [-0.2, -0.15) is 0 Å². The molecule has 0 fully saturated rings. The zero-order valence-electron chi connectivity index (χ0n) is 13.6. The predicted octanol–water partition coefficient (Wildman–Crippen LogP) is 6.20. The van der Waals surface area contributed by atoms with Crippen molar-refractivity contribution in [2.75, 3.05) is 11.9 Å². The number of carbonyl (C=O) groups is 1. The molecule has 0 aromatic heterocycles. The summed E-state index contributed by atoms with van der Waals surface area (Å²) >= 11 is 11.9. The number of nitrogens with one attached hydrogen (secondary N) is 1. The van der Waals surface area contributed by atoms with Crippen LogP contribution in [-0.2, 0) is 0 Å². The van der Waals surface area contributed by atoms with Crippen molar-refractivity contribution in [3.05, 3.63) is 58.1 Å². The zero-order chi connectivity index (χ0) is 17.4. The molecule has 2 aromatic carbocycles. The highest BCUT2D eigenvalue weighted by Gasteiger charge is 2.11. The third-order valence-electron chi connectivity index (χ3n) is 3.53. The molecule has 3 nitrogen and oxygen atoms in total. The Bertz CT molecular complexity index is 689. The van der Waals surface area contributed by atoms with E-state index in [9.17, 15) is 4.79 Å². The zero-order valence-corrected chi connectivity index (χ0v) is 15.2. The van der Waals surface area contributed by atoms with Gasteiger partial charge in [0.15, 0.2) is 0 Å². The van der Waals surface area contributed by atoms with Crippen LogP contribution in [0.3, 0.4) is 0 Å². The van der Waals surface area contributed by atoms with E-state index in [1.807, 2.05) is 24.3 Å². The minimum absolute atomic E-state index is 0.281. The quantitative estimate of drug-likeness (QED) is 0.565. The molecule has 1 amide bonds. The molecule has 0 heterocycles. The molecule has 128 valence electrons. The number of anilines is 1. The van der Waals surface area contributed by atoms with E-state index in [4.69, 9.17) is 27.9 Å². The number of hydrogen-bond acceptors (Lipinski definition) is 2. The lowest BCUT2D eigenvalue weighted by Crippen LogP contribution is -2.12. The lowest BCUT2D eigenvalue weighted by molar-refractivity contribution is 0.102. The van der Waals surface area contributed by atoms with Crippen molar-refractivity contribution >= 4 is 34.8 Å². The van der Waals surface area contributed by atoms with Gasteiger partial charge in [0.1, 0.15) is 5.75 Å². The molecule has 0 aliphatic carbocycles. The van der Waals surface area contributed by atoms with Crippen molar-refractivity contribution in [2.24, 2.45) is 0 Å². The van der Waals surface area contributed by atoms with Crippen LogP contribution in [0.15, 0.2) is 42.5 Å². The Balaban J connectivity index is 1.94. The second-order valence-electron chi connectivity index (χ2n) is 5.52. The highest BCUT2D eigenvalue weighted by Crippen LogP contribution is 2.23. The minimum Gasteiger partial charge on any atom is -0.494 e. The van der Waals surface area contributed by atoms with Crippen molar-refractivity contribution in [3.63, 3.8) is 0 Å². The number of benzene rings is 2. The first-order valence-electron chi connectivity index (χ1n) is 8.09. The molecule has 1 N–H and O–H groups in total. The Morgan fingerprint density at radius 1 is 1.08 bits per heavy atom. The molecule has 5 heteroatoms. The predicted molar refractivity (Wildman–Crippen MR) is 100 cm³/mol. The highest BCUT2D eigenvalue weighted by molar-refractivity contribution is 6.37.